The first-order chi connectivity index (χ1) is 7.02. The van der Waals surface area contributed by atoms with Gasteiger partial charge in [0.2, 0.25) is 0 Å². The minimum absolute atomic E-state index is 0.322. The smallest absolute Gasteiger partial charge is 0.407 e. The molecule has 4 nitrogen and oxygen atoms in total. The van der Waals surface area contributed by atoms with Crippen molar-refractivity contribution < 1.29 is 14.3 Å². The molecule has 1 aliphatic heterocycles. The Hall–Kier alpha value is -0.840. The molecule has 1 heterocycles. The van der Waals surface area contributed by atoms with Crippen LogP contribution in [0.15, 0.2) is 0 Å². The standard InChI is InChI=1S/C8H15FN2O2.C2H6/c1-10-4-3-7(6(9)5-10)11(2)8(12)13;1-2/h6-7H,3-5H2,1-2H3,(H,12,13);1-2H3. The topological polar surface area (TPSA) is 43.8 Å². The van der Waals surface area contributed by atoms with E-state index in [2.05, 4.69) is 0 Å². The second-order valence-electron chi connectivity index (χ2n) is 3.53. The first-order valence-electron chi connectivity index (χ1n) is 5.30. The summed E-state index contributed by atoms with van der Waals surface area (Å²) in [6, 6.07) is -0.478. The quantitative estimate of drug-likeness (QED) is 0.731. The Morgan fingerprint density at radius 2 is 2.07 bits per heavy atom. The van der Waals surface area contributed by atoms with Crippen LogP contribution in [0.5, 0.6) is 0 Å². The van der Waals surface area contributed by atoms with Gasteiger partial charge in [0.25, 0.3) is 0 Å². The van der Waals surface area contributed by atoms with E-state index >= 15 is 0 Å². The zero-order chi connectivity index (χ0) is 12.0. The highest BCUT2D eigenvalue weighted by Crippen LogP contribution is 2.17. The Labute approximate surface area is 90.7 Å². The Morgan fingerprint density at radius 3 is 2.47 bits per heavy atom. The number of nitrogens with zero attached hydrogens (tertiary/aromatic N) is 2. The van der Waals surface area contributed by atoms with Gasteiger partial charge >= 0.3 is 6.09 Å². The Morgan fingerprint density at radius 1 is 1.53 bits per heavy atom. The van der Waals surface area contributed by atoms with Crippen LogP contribution in [0.25, 0.3) is 0 Å². The zero-order valence-corrected chi connectivity index (χ0v) is 9.90. The van der Waals surface area contributed by atoms with Crippen LogP contribution in [-0.2, 0) is 0 Å². The van der Waals surface area contributed by atoms with E-state index < -0.39 is 18.3 Å². The molecular formula is C10H21FN2O2. The van der Waals surface area contributed by atoms with Crippen LogP contribution in [0.1, 0.15) is 20.3 Å². The van der Waals surface area contributed by atoms with Gasteiger partial charge in [-0.2, -0.15) is 0 Å². The van der Waals surface area contributed by atoms with Gasteiger partial charge < -0.3 is 14.9 Å². The maximum Gasteiger partial charge on any atom is 0.407 e. The third-order valence-corrected chi connectivity index (χ3v) is 2.51. The third kappa shape index (κ3) is 4.03. The van der Waals surface area contributed by atoms with Gasteiger partial charge in [0.1, 0.15) is 6.17 Å². The van der Waals surface area contributed by atoms with Crippen molar-refractivity contribution in [2.45, 2.75) is 32.5 Å². The highest BCUT2D eigenvalue weighted by Gasteiger charge is 2.32. The molecule has 0 bridgehead atoms. The number of hydrogen-bond acceptors (Lipinski definition) is 2. The molecule has 1 N–H and O–H groups in total. The molecule has 1 rings (SSSR count). The van der Waals surface area contributed by atoms with Gasteiger partial charge in [0.05, 0.1) is 6.04 Å². The van der Waals surface area contributed by atoms with Crippen molar-refractivity contribution in [3.05, 3.63) is 0 Å². The SMILES string of the molecule is CC.CN1CCC(N(C)C(=O)O)C(F)C1. The average Bonchev–Trinajstić information content (AvgIpc) is 2.20. The molecule has 1 saturated heterocycles. The third-order valence-electron chi connectivity index (χ3n) is 2.51. The maximum absolute atomic E-state index is 13.4. The van der Waals surface area contributed by atoms with Gasteiger partial charge in [-0.05, 0) is 13.5 Å². The summed E-state index contributed by atoms with van der Waals surface area (Å²) in [5.41, 5.74) is 0. The van der Waals surface area contributed by atoms with Crippen LogP contribution < -0.4 is 0 Å². The van der Waals surface area contributed by atoms with Crippen molar-refractivity contribution in [1.29, 1.82) is 0 Å². The van der Waals surface area contributed by atoms with Gasteiger partial charge in [-0.15, -0.1) is 0 Å². The largest absolute Gasteiger partial charge is 0.465 e. The van der Waals surface area contributed by atoms with Crippen LogP contribution in [0.2, 0.25) is 0 Å². The lowest BCUT2D eigenvalue weighted by Gasteiger charge is -2.36. The minimum Gasteiger partial charge on any atom is -0.465 e. The van der Waals surface area contributed by atoms with Gasteiger partial charge in [-0.25, -0.2) is 9.18 Å². The second-order valence-corrected chi connectivity index (χ2v) is 3.53. The number of carbonyl (C=O) groups is 1. The summed E-state index contributed by atoms with van der Waals surface area (Å²) in [5.74, 6) is 0. The minimum atomic E-state index is -1.07. The van der Waals surface area contributed by atoms with E-state index in [1.54, 1.807) is 0 Å². The predicted octanol–water partition coefficient (Wildman–Crippen LogP) is 1.66. The van der Waals surface area contributed by atoms with Crippen molar-refractivity contribution in [3.63, 3.8) is 0 Å². The summed E-state index contributed by atoms with van der Waals surface area (Å²) in [4.78, 5) is 13.5. The van der Waals surface area contributed by atoms with Crippen LogP contribution in [0.4, 0.5) is 9.18 Å². The summed E-state index contributed by atoms with van der Waals surface area (Å²) in [6.45, 7) is 5.07. The predicted molar refractivity (Wildman–Crippen MR) is 57.9 cm³/mol. The molecule has 90 valence electrons. The number of piperidine rings is 1. The zero-order valence-electron chi connectivity index (χ0n) is 9.90. The van der Waals surface area contributed by atoms with E-state index in [-0.39, 0.29) is 0 Å². The molecule has 1 aliphatic rings. The van der Waals surface area contributed by atoms with Crippen molar-refractivity contribution in [2.24, 2.45) is 0 Å². The molecule has 0 radical (unpaired) electrons. The van der Waals surface area contributed by atoms with Crippen molar-refractivity contribution >= 4 is 6.09 Å². The molecule has 2 atom stereocenters. The van der Waals surface area contributed by atoms with E-state index in [0.717, 1.165) is 11.4 Å². The van der Waals surface area contributed by atoms with Gasteiger partial charge in [-0.3, -0.25) is 0 Å². The molecule has 0 aromatic rings. The van der Waals surface area contributed by atoms with E-state index in [1.165, 1.54) is 7.05 Å². The van der Waals surface area contributed by atoms with E-state index in [4.69, 9.17) is 5.11 Å². The molecule has 1 fully saturated rings. The highest BCUT2D eigenvalue weighted by molar-refractivity contribution is 5.65. The normalized spacial score (nSPS) is 26.5. The van der Waals surface area contributed by atoms with Gasteiger partial charge in [0.15, 0.2) is 0 Å². The van der Waals surface area contributed by atoms with Gasteiger partial charge in [0, 0.05) is 20.1 Å². The molecule has 0 spiro atoms. The number of likely N-dealkylation sites (tertiary alicyclic amines) is 1. The lowest BCUT2D eigenvalue weighted by Crippen LogP contribution is -2.51. The first kappa shape index (κ1) is 14.2. The van der Waals surface area contributed by atoms with Crippen LogP contribution >= 0.6 is 0 Å². The Bertz CT molecular complexity index is 202. The van der Waals surface area contributed by atoms with E-state index in [9.17, 15) is 9.18 Å². The fourth-order valence-electron chi connectivity index (χ4n) is 1.62. The van der Waals surface area contributed by atoms with Gasteiger partial charge in [-0.1, -0.05) is 13.8 Å². The van der Waals surface area contributed by atoms with Crippen molar-refractivity contribution in [1.82, 2.24) is 9.80 Å². The highest BCUT2D eigenvalue weighted by atomic mass is 19.1. The molecular weight excluding hydrogens is 199 g/mol. The number of amides is 1. The number of halogens is 1. The summed E-state index contributed by atoms with van der Waals surface area (Å²) in [7, 11) is 3.26. The lowest BCUT2D eigenvalue weighted by molar-refractivity contribution is 0.0559. The molecule has 0 aliphatic carbocycles. The number of hydrogen-bond donors (Lipinski definition) is 1. The molecule has 2 unspecified atom stereocenters. The number of rotatable bonds is 1. The summed E-state index contributed by atoms with van der Waals surface area (Å²) >= 11 is 0. The molecule has 1 amide bonds. The summed E-state index contributed by atoms with van der Waals surface area (Å²) < 4.78 is 13.4. The average molecular weight is 220 g/mol. The lowest BCUT2D eigenvalue weighted by atomic mass is 10.0. The van der Waals surface area contributed by atoms with Crippen LogP contribution in [-0.4, -0.2) is 60.4 Å². The van der Waals surface area contributed by atoms with Crippen molar-refractivity contribution in [2.75, 3.05) is 27.2 Å². The summed E-state index contributed by atoms with van der Waals surface area (Å²) in [5, 5.41) is 8.66. The second kappa shape index (κ2) is 6.61. The Kier molecular flexibility index (Phi) is 6.24. The monoisotopic (exact) mass is 220 g/mol. The fourth-order valence-corrected chi connectivity index (χ4v) is 1.62. The summed E-state index contributed by atoms with van der Waals surface area (Å²) in [6.07, 6.45) is -1.56. The fraction of sp³-hybridized carbons (Fsp3) is 0.900. The number of alkyl halides is 1. The van der Waals surface area contributed by atoms with Crippen LogP contribution in [0, 0.1) is 0 Å². The molecule has 0 aromatic heterocycles. The van der Waals surface area contributed by atoms with E-state index in [1.807, 2.05) is 25.8 Å². The molecule has 5 heteroatoms. The van der Waals surface area contributed by atoms with Crippen molar-refractivity contribution in [3.8, 4) is 0 Å². The van der Waals surface area contributed by atoms with E-state index in [0.29, 0.717) is 13.0 Å². The molecule has 0 saturated carbocycles. The first-order valence-corrected chi connectivity index (χ1v) is 5.30. The number of carboxylic acid groups (broad SMARTS) is 1. The Balaban J connectivity index is 0.000000921. The van der Waals surface area contributed by atoms with Crippen LogP contribution in [0.3, 0.4) is 0 Å². The molecule has 0 aromatic carbocycles. The molecule has 15 heavy (non-hydrogen) atoms. The maximum atomic E-state index is 13.4.